The first-order valence-corrected chi connectivity index (χ1v) is 13.1. The topological polar surface area (TPSA) is 197 Å². The highest BCUT2D eigenvalue weighted by Crippen LogP contribution is 2.54. The third-order valence-corrected chi connectivity index (χ3v) is 7.99. The molecule has 0 aromatic heterocycles. The fraction of sp³-hybridized carbons (Fsp3) is 0.571. The summed E-state index contributed by atoms with van der Waals surface area (Å²) in [5.74, 6) is -1.51. The molecule has 8 atom stereocenters. The quantitative estimate of drug-likeness (QED) is 0.196. The Morgan fingerprint density at radius 3 is 1.93 bits per heavy atom. The molecule has 228 valence electrons. The summed E-state index contributed by atoms with van der Waals surface area (Å²) in [4.78, 5) is 0. The number of fused-ring (bicyclic) bond motifs is 1. The summed E-state index contributed by atoms with van der Waals surface area (Å²) < 4.78 is 33.3. The van der Waals surface area contributed by atoms with Crippen LogP contribution < -0.4 is 18.9 Å². The van der Waals surface area contributed by atoms with Gasteiger partial charge in [0.05, 0.1) is 41.7 Å². The summed E-state index contributed by atoms with van der Waals surface area (Å²) in [6, 6.07) is 4.88. The predicted molar refractivity (Wildman–Crippen MR) is 142 cm³/mol. The van der Waals surface area contributed by atoms with Gasteiger partial charge in [-0.25, -0.2) is 0 Å². The smallest absolute Gasteiger partial charge is 0.201 e. The van der Waals surface area contributed by atoms with Crippen molar-refractivity contribution < 1.29 is 64.2 Å². The van der Waals surface area contributed by atoms with E-state index >= 15 is 0 Å². The molecule has 1 fully saturated rings. The van der Waals surface area contributed by atoms with Gasteiger partial charge >= 0.3 is 0 Å². The number of hydrogen-bond donors (Lipinski definition) is 7. The highest BCUT2D eigenvalue weighted by molar-refractivity contribution is 5.64. The van der Waals surface area contributed by atoms with Crippen LogP contribution in [0, 0.1) is 11.8 Å². The number of phenols is 2. The second-order valence-corrected chi connectivity index (χ2v) is 10.1. The molecule has 13 nitrogen and oxygen atoms in total. The number of methoxy groups -OCH3 is 4. The number of hydrogen-bond acceptors (Lipinski definition) is 13. The van der Waals surface area contributed by atoms with Crippen molar-refractivity contribution in [2.45, 2.75) is 43.0 Å². The Hall–Kier alpha value is -3.04. The Bertz CT molecular complexity index is 1180. The summed E-state index contributed by atoms with van der Waals surface area (Å²) >= 11 is 0. The number of rotatable bonds is 10. The molecule has 2 aliphatic rings. The molecule has 0 saturated carbocycles. The molecule has 0 amide bonds. The Morgan fingerprint density at radius 2 is 1.39 bits per heavy atom. The normalized spacial score (nSPS) is 29.5. The number of phenolic OH excluding ortho intramolecular Hbond substituents is 2. The highest BCUT2D eigenvalue weighted by Gasteiger charge is 2.46. The predicted octanol–water partition coefficient (Wildman–Crippen LogP) is -0.139. The van der Waals surface area contributed by atoms with Crippen LogP contribution in [-0.2, 0) is 15.9 Å². The van der Waals surface area contributed by atoms with Crippen LogP contribution in [0.4, 0.5) is 0 Å². The van der Waals surface area contributed by atoms with Gasteiger partial charge in [-0.05, 0) is 47.6 Å². The lowest BCUT2D eigenvalue weighted by atomic mass is 9.66. The van der Waals surface area contributed by atoms with Crippen LogP contribution in [-0.4, -0.2) is 115 Å². The van der Waals surface area contributed by atoms with Crippen molar-refractivity contribution in [1.82, 2.24) is 0 Å². The Kier molecular flexibility index (Phi) is 9.70. The van der Waals surface area contributed by atoms with Gasteiger partial charge in [-0.1, -0.05) is 0 Å². The van der Waals surface area contributed by atoms with E-state index in [1.54, 1.807) is 18.2 Å². The number of aliphatic hydroxyl groups excluding tert-OH is 5. The van der Waals surface area contributed by atoms with Crippen LogP contribution in [0.3, 0.4) is 0 Å². The van der Waals surface area contributed by atoms with E-state index in [-0.39, 0.29) is 47.7 Å². The third kappa shape index (κ3) is 5.58. The Balaban J connectivity index is 1.85. The monoisotopic (exact) mass is 582 g/mol. The molecular formula is C28H38O13. The minimum absolute atomic E-state index is 0.123. The van der Waals surface area contributed by atoms with E-state index in [0.717, 1.165) is 5.56 Å². The van der Waals surface area contributed by atoms with Crippen molar-refractivity contribution in [3.05, 3.63) is 34.9 Å². The molecule has 0 spiro atoms. The van der Waals surface area contributed by atoms with Gasteiger partial charge in [-0.3, -0.25) is 0 Å². The molecule has 1 heterocycles. The Labute approximate surface area is 237 Å². The molecule has 4 rings (SSSR count). The van der Waals surface area contributed by atoms with Gasteiger partial charge in [0.15, 0.2) is 29.3 Å². The minimum Gasteiger partial charge on any atom is -0.502 e. The van der Waals surface area contributed by atoms with Crippen LogP contribution in [0.2, 0.25) is 0 Å². The summed E-state index contributed by atoms with van der Waals surface area (Å²) in [5.41, 5.74) is 1.88. The van der Waals surface area contributed by atoms with Crippen molar-refractivity contribution in [2.24, 2.45) is 11.8 Å². The van der Waals surface area contributed by atoms with E-state index in [1.165, 1.54) is 28.4 Å². The third-order valence-electron chi connectivity index (χ3n) is 7.99. The summed E-state index contributed by atoms with van der Waals surface area (Å²) in [6.07, 6.45) is -7.02. The van der Waals surface area contributed by atoms with Gasteiger partial charge < -0.3 is 64.2 Å². The average molecular weight is 583 g/mol. The fourth-order valence-corrected chi connectivity index (χ4v) is 5.83. The molecule has 1 aliphatic carbocycles. The van der Waals surface area contributed by atoms with Gasteiger partial charge in [0.2, 0.25) is 11.5 Å². The van der Waals surface area contributed by atoms with Crippen LogP contribution in [0.1, 0.15) is 22.6 Å². The summed E-state index contributed by atoms with van der Waals surface area (Å²) in [6.45, 7) is -1.02. The van der Waals surface area contributed by atoms with Crippen LogP contribution in [0.5, 0.6) is 34.5 Å². The maximum atomic E-state index is 11.0. The van der Waals surface area contributed by atoms with E-state index in [9.17, 15) is 35.7 Å². The lowest BCUT2D eigenvalue weighted by Crippen LogP contribution is -2.59. The number of ether oxygens (including phenoxy) is 6. The van der Waals surface area contributed by atoms with Crippen molar-refractivity contribution in [3.8, 4) is 34.5 Å². The first kappa shape index (κ1) is 30.9. The summed E-state index contributed by atoms with van der Waals surface area (Å²) in [5, 5.41) is 72.6. The molecule has 2 aromatic carbocycles. The van der Waals surface area contributed by atoms with Gasteiger partial charge in [0, 0.05) is 18.1 Å². The number of aromatic hydroxyl groups is 2. The van der Waals surface area contributed by atoms with E-state index in [1.807, 2.05) is 0 Å². The summed E-state index contributed by atoms with van der Waals surface area (Å²) in [7, 11) is 5.60. The zero-order valence-electron chi connectivity index (χ0n) is 23.3. The van der Waals surface area contributed by atoms with Crippen molar-refractivity contribution in [1.29, 1.82) is 0 Å². The molecule has 0 radical (unpaired) electrons. The van der Waals surface area contributed by atoms with E-state index in [2.05, 4.69) is 0 Å². The van der Waals surface area contributed by atoms with Gasteiger partial charge in [0.25, 0.3) is 0 Å². The molecule has 2 aromatic rings. The van der Waals surface area contributed by atoms with Crippen LogP contribution in [0.25, 0.3) is 0 Å². The molecule has 1 aliphatic heterocycles. The zero-order valence-corrected chi connectivity index (χ0v) is 23.3. The number of benzene rings is 2. The first-order valence-electron chi connectivity index (χ1n) is 13.1. The maximum Gasteiger partial charge on any atom is 0.201 e. The van der Waals surface area contributed by atoms with E-state index in [4.69, 9.17) is 28.4 Å². The molecule has 7 N–H and O–H groups in total. The van der Waals surface area contributed by atoms with Crippen molar-refractivity contribution >= 4 is 0 Å². The average Bonchev–Trinajstić information content (AvgIpc) is 2.98. The maximum absolute atomic E-state index is 11.0. The zero-order chi connectivity index (χ0) is 30.0. The van der Waals surface area contributed by atoms with Gasteiger partial charge in [0.1, 0.15) is 24.4 Å². The van der Waals surface area contributed by atoms with E-state index in [0.29, 0.717) is 17.5 Å². The lowest BCUT2D eigenvalue weighted by Gasteiger charge is -2.43. The van der Waals surface area contributed by atoms with E-state index < -0.39 is 55.1 Å². The molecule has 41 heavy (non-hydrogen) atoms. The van der Waals surface area contributed by atoms with Crippen LogP contribution in [0.15, 0.2) is 18.2 Å². The molecule has 13 heteroatoms. The van der Waals surface area contributed by atoms with Crippen molar-refractivity contribution in [2.75, 3.05) is 48.3 Å². The largest absolute Gasteiger partial charge is 0.502 e. The second-order valence-electron chi connectivity index (χ2n) is 10.1. The second kappa shape index (κ2) is 12.9. The number of aliphatic hydroxyl groups is 5. The molecular weight excluding hydrogens is 544 g/mol. The van der Waals surface area contributed by atoms with Gasteiger partial charge in [-0.15, -0.1) is 0 Å². The van der Waals surface area contributed by atoms with Gasteiger partial charge in [-0.2, -0.15) is 0 Å². The molecule has 0 unspecified atom stereocenters. The molecule has 1 saturated heterocycles. The SMILES string of the molecule is COc1cc([C@H]2c3c(cc(OC)c(O)c3OC)C[C@H](CO)[C@@H]2CO[C@@H]2O[C@@H](CO)[C@@H](O)[C@H](O)[C@@H]2O)cc(OC)c1O. The van der Waals surface area contributed by atoms with Crippen LogP contribution >= 0.6 is 0 Å². The first-order chi connectivity index (χ1) is 19.6. The minimum atomic E-state index is -1.63. The highest BCUT2D eigenvalue weighted by atomic mass is 16.7. The lowest BCUT2D eigenvalue weighted by molar-refractivity contribution is -0.304. The van der Waals surface area contributed by atoms with Crippen molar-refractivity contribution in [3.63, 3.8) is 0 Å². The molecule has 0 bridgehead atoms. The fourth-order valence-electron chi connectivity index (χ4n) is 5.83. The Morgan fingerprint density at radius 1 is 0.780 bits per heavy atom. The standard InChI is InChI=1S/C28H38O13/c1-36-16-7-13(8-17(37-2)22(16)31)20-15(11-40-28-26(35)25(34)23(32)19(10-30)41-28)14(9-29)5-12-6-18(38-3)24(33)27(39-4)21(12)20/h6-8,14-15,19-20,23,25-26,28-35H,5,9-11H2,1-4H3/t14-,15+,19+,20-,23-,25+,26+,28-/m1/s1.